The molecule has 1 aromatic heterocycles. The Kier molecular flexibility index (Phi) is 6.95. The summed E-state index contributed by atoms with van der Waals surface area (Å²) in [4.78, 5) is 22.9. The van der Waals surface area contributed by atoms with Crippen LogP contribution in [-0.4, -0.2) is 66.2 Å². The lowest BCUT2D eigenvalue weighted by Crippen LogP contribution is -2.51. The molecule has 1 saturated heterocycles. The summed E-state index contributed by atoms with van der Waals surface area (Å²) >= 11 is 1.69. The van der Waals surface area contributed by atoms with Crippen molar-refractivity contribution in [3.63, 3.8) is 0 Å². The Morgan fingerprint density at radius 3 is 2.80 bits per heavy atom. The van der Waals surface area contributed by atoms with Crippen LogP contribution in [0.5, 0.6) is 0 Å². The molecule has 2 amide bonds. The van der Waals surface area contributed by atoms with E-state index in [0.29, 0.717) is 0 Å². The van der Waals surface area contributed by atoms with Crippen molar-refractivity contribution in [2.45, 2.75) is 51.4 Å². The Balaban J connectivity index is 1.30. The number of hydrogen-bond donors (Lipinski definition) is 2. The molecular formula is C27H35N5O2S. The van der Waals surface area contributed by atoms with Crippen molar-refractivity contribution in [3.8, 4) is 10.4 Å². The van der Waals surface area contributed by atoms with Gasteiger partial charge in [-0.05, 0) is 62.9 Å². The molecule has 2 atom stereocenters. The molecule has 3 N–H and O–H groups in total. The zero-order chi connectivity index (χ0) is 24.5. The third-order valence-electron chi connectivity index (χ3n) is 7.06. The largest absolute Gasteiger partial charge is 0.400 e. The first kappa shape index (κ1) is 24.0. The molecule has 2 aliphatic carbocycles. The van der Waals surface area contributed by atoms with Crippen LogP contribution in [0.25, 0.3) is 16.0 Å². The van der Waals surface area contributed by atoms with E-state index in [2.05, 4.69) is 41.5 Å². The molecule has 35 heavy (non-hydrogen) atoms. The van der Waals surface area contributed by atoms with Crippen LogP contribution < -0.4 is 11.1 Å². The summed E-state index contributed by atoms with van der Waals surface area (Å²) in [6.07, 6.45) is 8.87. The molecule has 2 heterocycles. The molecule has 1 aliphatic heterocycles. The quantitative estimate of drug-likeness (QED) is 0.653. The second kappa shape index (κ2) is 10.1. The molecule has 0 bridgehead atoms. The Morgan fingerprint density at radius 1 is 1.26 bits per heavy atom. The highest BCUT2D eigenvalue weighted by Crippen LogP contribution is 2.41. The predicted molar refractivity (Wildman–Crippen MR) is 141 cm³/mol. The van der Waals surface area contributed by atoms with Crippen molar-refractivity contribution in [3.05, 3.63) is 58.4 Å². The molecule has 0 radical (unpaired) electrons. The van der Waals surface area contributed by atoms with Gasteiger partial charge in [0.25, 0.3) is 0 Å². The lowest BCUT2D eigenvalue weighted by molar-refractivity contribution is 0.0295. The number of hydrogen-bond acceptors (Lipinski definition) is 6. The van der Waals surface area contributed by atoms with Gasteiger partial charge in [0, 0.05) is 43.6 Å². The van der Waals surface area contributed by atoms with Gasteiger partial charge in [-0.15, -0.1) is 11.3 Å². The Labute approximate surface area is 211 Å². The maximum Gasteiger partial charge on any atom is 0.317 e. The number of ether oxygens (including phenoxy) is 1. The van der Waals surface area contributed by atoms with Crippen LogP contribution in [-0.2, 0) is 11.2 Å². The third kappa shape index (κ3) is 5.15. The van der Waals surface area contributed by atoms with E-state index in [4.69, 9.17) is 15.5 Å². The number of fused-ring (bicyclic) bond motifs is 1. The highest BCUT2D eigenvalue weighted by atomic mass is 32.1. The topological polar surface area (TPSA) is 83.7 Å². The van der Waals surface area contributed by atoms with Crippen LogP contribution in [0.15, 0.2) is 42.2 Å². The second-order valence-electron chi connectivity index (χ2n) is 9.95. The van der Waals surface area contributed by atoms with Gasteiger partial charge in [-0.1, -0.05) is 24.3 Å². The van der Waals surface area contributed by atoms with Crippen molar-refractivity contribution in [2.24, 2.45) is 5.73 Å². The average molecular weight is 494 g/mol. The van der Waals surface area contributed by atoms with Crippen molar-refractivity contribution >= 4 is 22.9 Å². The summed E-state index contributed by atoms with van der Waals surface area (Å²) in [5.74, 6) is 0. The molecule has 8 heteroatoms. The number of benzene rings is 1. The van der Waals surface area contributed by atoms with Gasteiger partial charge in [0.15, 0.2) is 0 Å². The molecule has 3 aliphatic rings. The van der Waals surface area contributed by atoms with Gasteiger partial charge in [0.2, 0.25) is 0 Å². The van der Waals surface area contributed by atoms with Gasteiger partial charge in [0.05, 0.1) is 17.0 Å². The normalized spacial score (nSPS) is 22.7. The highest BCUT2D eigenvalue weighted by molar-refractivity contribution is 7.16. The molecule has 7 nitrogen and oxygen atoms in total. The molecule has 0 saturated carbocycles. The lowest BCUT2D eigenvalue weighted by atomic mass is 10.0. The standard InChI is InChI=1S/C27H35N5O2S/c1-17(2)34-24-10-7-18(15-22(24)28)26-29-16-25(35-26)21-6-4-5-20-19(21)8-9-23(20)30-27(33)32-13-11-31(3)12-14-32/h4-7,15-17,23-24H,8-14,28H2,1-3H3,(H,30,33)/t23-,24?/m0/s1. The number of rotatable bonds is 5. The van der Waals surface area contributed by atoms with Gasteiger partial charge >= 0.3 is 6.03 Å². The molecule has 2 aromatic rings. The third-order valence-corrected chi connectivity index (χ3v) is 8.14. The number of urea groups is 1. The van der Waals surface area contributed by atoms with Gasteiger partial charge < -0.3 is 25.6 Å². The average Bonchev–Trinajstić information content (AvgIpc) is 3.48. The van der Waals surface area contributed by atoms with Crippen LogP contribution in [0.1, 0.15) is 48.9 Å². The number of allylic oxidation sites excluding steroid dienone is 2. The summed E-state index contributed by atoms with van der Waals surface area (Å²) in [5.41, 5.74) is 11.9. The van der Waals surface area contributed by atoms with Crippen LogP contribution in [0.2, 0.25) is 0 Å². The molecule has 0 spiro atoms. The van der Waals surface area contributed by atoms with E-state index in [1.807, 2.05) is 31.0 Å². The maximum atomic E-state index is 12.9. The van der Waals surface area contributed by atoms with Crippen molar-refractivity contribution in [2.75, 3.05) is 33.2 Å². The summed E-state index contributed by atoms with van der Waals surface area (Å²) in [6, 6.07) is 6.54. The molecular weight excluding hydrogens is 458 g/mol. The monoisotopic (exact) mass is 493 g/mol. The minimum absolute atomic E-state index is 0.0507. The first-order valence-corrected chi connectivity index (χ1v) is 13.4. The SMILES string of the molecule is CC(C)OC1CC=C(c2ncc(-c3cccc4c3CC[C@@H]4NC(=O)N3CCN(C)CC3)s2)C=C1N. The fraction of sp³-hybridized carbons (Fsp3) is 0.481. The second-order valence-corrected chi connectivity index (χ2v) is 11.0. The Bertz CT molecular complexity index is 1150. The molecule has 1 unspecified atom stereocenters. The molecule has 1 aromatic carbocycles. The number of aromatic nitrogens is 1. The van der Waals surface area contributed by atoms with Crippen molar-refractivity contribution in [1.82, 2.24) is 20.1 Å². The Morgan fingerprint density at radius 2 is 2.06 bits per heavy atom. The maximum absolute atomic E-state index is 12.9. The van der Waals surface area contributed by atoms with Gasteiger partial charge in [-0.25, -0.2) is 9.78 Å². The summed E-state index contributed by atoms with van der Waals surface area (Å²) in [7, 11) is 2.10. The zero-order valence-electron chi connectivity index (χ0n) is 20.8. The van der Waals surface area contributed by atoms with E-state index < -0.39 is 0 Å². The summed E-state index contributed by atoms with van der Waals surface area (Å²) in [5, 5.41) is 4.26. The number of carbonyl (C=O) groups is 1. The number of piperazine rings is 1. The number of carbonyl (C=O) groups excluding carboxylic acids is 1. The number of likely N-dealkylation sites (N-methyl/N-ethyl adjacent to an activating group) is 1. The minimum Gasteiger partial charge on any atom is -0.400 e. The van der Waals surface area contributed by atoms with Gasteiger partial charge in [0.1, 0.15) is 11.1 Å². The van der Waals surface area contributed by atoms with Crippen molar-refractivity contribution in [1.29, 1.82) is 0 Å². The van der Waals surface area contributed by atoms with Gasteiger partial charge in [-0.2, -0.15) is 0 Å². The van der Waals surface area contributed by atoms with E-state index in [9.17, 15) is 4.79 Å². The van der Waals surface area contributed by atoms with Crippen LogP contribution >= 0.6 is 11.3 Å². The van der Waals surface area contributed by atoms with Crippen molar-refractivity contribution < 1.29 is 9.53 Å². The van der Waals surface area contributed by atoms with Gasteiger partial charge in [-0.3, -0.25) is 0 Å². The lowest BCUT2D eigenvalue weighted by Gasteiger charge is -2.33. The van der Waals surface area contributed by atoms with Crippen LogP contribution in [0.3, 0.4) is 0 Å². The fourth-order valence-corrected chi connectivity index (χ4v) is 6.11. The number of nitrogens with two attached hydrogens (primary N) is 1. The first-order chi connectivity index (χ1) is 16.9. The predicted octanol–water partition coefficient (Wildman–Crippen LogP) is 4.18. The molecule has 1 fully saturated rings. The van der Waals surface area contributed by atoms with Crippen LogP contribution in [0.4, 0.5) is 4.79 Å². The molecule has 5 rings (SSSR count). The van der Waals surface area contributed by atoms with Crippen LogP contribution in [0, 0.1) is 0 Å². The zero-order valence-corrected chi connectivity index (χ0v) is 21.6. The van der Waals surface area contributed by atoms with E-state index in [0.717, 1.165) is 66.6 Å². The first-order valence-electron chi connectivity index (χ1n) is 12.5. The van der Waals surface area contributed by atoms with E-state index >= 15 is 0 Å². The minimum atomic E-state index is -0.0615. The fourth-order valence-electron chi connectivity index (χ4n) is 5.13. The Hall–Kier alpha value is -2.68. The smallest absolute Gasteiger partial charge is 0.317 e. The summed E-state index contributed by atoms with van der Waals surface area (Å²) < 4.78 is 5.90. The number of nitrogens with zero attached hydrogens (tertiary/aromatic N) is 3. The number of amides is 2. The number of thiazole rings is 1. The highest BCUT2D eigenvalue weighted by Gasteiger charge is 2.29. The molecule has 186 valence electrons. The van der Waals surface area contributed by atoms with E-state index in [1.165, 1.54) is 16.7 Å². The van der Waals surface area contributed by atoms with E-state index in [-0.39, 0.29) is 24.3 Å². The number of nitrogens with one attached hydrogen (secondary N) is 1. The summed E-state index contributed by atoms with van der Waals surface area (Å²) in [6.45, 7) is 7.47. The van der Waals surface area contributed by atoms with E-state index in [1.54, 1.807) is 11.3 Å².